The van der Waals surface area contributed by atoms with Crippen molar-refractivity contribution in [2.24, 2.45) is 0 Å². The number of likely N-dealkylation sites (N-methyl/N-ethyl adjacent to an activating group) is 1. The van der Waals surface area contributed by atoms with Crippen molar-refractivity contribution in [1.29, 1.82) is 0 Å². The van der Waals surface area contributed by atoms with Gasteiger partial charge in [-0.15, -0.1) is 0 Å². The highest BCUT2D eigenvalue weighted by atomic mass is 16.5. The Bertz CT molecular complexity index is 389. The zero-order chi connectivity index (χ0) is 13.7. The van der Waals surface area contributed by atoms with Crippen molar-refractivity contribution in [3.8, 4) is 5.75 Å². The van der Waals surface area contributed by atoms with Crippen molar-refractivity contribution < 1.29 is 14.6 Å². The number of aliphatic carboxylic acids is 1. The van der Waals surface area contributed by atoms with Crippen LogP contribution in [0.5, 0.6) is 5.75 Å². The van der Waals surface area contributed by atoms with E-state index in [0.717, 1.165) is 12.2 Å². The van der Waals surface area contributed by atoms with E-state index in [1.54, 1.807) is 14.0 Å². The SMILES string of the molecule is COc1ccc(CC(C)N(C)C(C)C(=O)O)cc1. The van der Waals surface area contributed by atoms with Crippen LogP contribution in [-0.2, 0) is 11.2 Å². The number of hydrogen-bond donors (Lipinski definition) is 1. The maximum atomic E-state index is 10.9. The average molecular weight is 251 g/mol. The zero-order valence-electron chi connectivity index (χ0n) is 11.4. The zero-order valence-corrected chi connectivity index (χ0v) is 11.4. The molecule has 0 amide bonds. The topological polar surface area (TPSA) is 49.8 Å². The Morgan fingerprint density at radius 1 is 1.33 bits per heavy atom. The summed E-state index contributed by atoms with van der Waals surface area (Å²) in [5, 5.41) is 8.98. The number of hydrogen-bond acceptors (Lipinski definition) is 3. The summed E-state index contributed by atoms with van der Waals surface area (Å²) in [4.78, 5) is 12.8. The standard InChI is InChI=1S/C14H21NO3/c1-10(15(3)11(2)14(16)17)9-12-5-7-13(18-4)8-6-12/h5-8,10-11H,9H2,1-4H3,(H,16,17). The summed E-state index contributed by atoms with van der Waals surface area (Å²) in [5.74, 6) is 0.0396. The lowest BCUT2D eigenvalue weighted by Crippen LogP contribution is -2.42. The monoisotopic (exact) mass is 251 g/mol. The predicted molar refractivity (Wildman–Crippen MR) is 71.0 cm³/mol. The first-order valence-electron chi connectivity index (χ1n) is 6.03. The predicted octanol–water partition coefficient (Wildman–Crippen LogP) is 2.03. The minimum absolute atomic E-state index is 0.171. The first-order chi connectivity index (χ1) is 8.45. The van der Waals surface area contributed by atoms with Crippen molar-refractivity contribution in [2.75, 3.05) is 14.2 Å². The number of benzene rings is 1. The number of methoxy groups -OCH3 is 1. The Hall–Kier alpha value is -1.55. The van der Waals surface area contributed by atoms with Gasteiger partial charge in [-0.05, 0) is 45.0 Å². The molecule has 4 heteroatoms. The van der Waals surface area contributed by atoms with Crippen LogP contribution >= 0.6 is 0 Å². The Balaban J connectivity index is 2.62. The molecule has 100 valence electrons. The molecule has 1 aromatic rings. The molecule has 18 heavy (non-hydrogen) atoms. The molecule has 0 aliphatic rings. The maximum absolute atomic E-state index is 10.9. The fourth-order valence-electron chi connectivity index (χ4n) is 1.80. The van der Waals surface area contributed by atoms with Crippen molar-refractivity contribution >= 4 is 5.97 Å². The van der Waals surface area contributed by atoms with E-state index in [2.05, 4.69) is 0 Å². The molecule has 2 atom stereocenters. The van der Waals surface area contributed by atoms with Crippen LogP contribution in [0.4, 0.5) is 0 Å². The molecule has 0 bridgehead atoms. The summed E-state index contributed by atoms with van der Waals surface area (Å²) in [6.07, 6.45) is 0.818. The molecule has 0 fully saturated rings. The van der Waals surface area contributed by atoms with E-state index in [9.17, 15) is 4.79 Å². The number of rotatable bonds is 6. The van der Waals surface area contributed by atoms with Gasteiger partial charge in [-0.2, -0.15) is 0 Å². The van der Waals surface area contributed by atoms with E-state index in [1.165, 1.54) is 5.56 Å². The maximum Gasteiger partial charge on any atom is 0.320 e. The number of carboxylic acid groups (broad SMARTS) is 1. The Morgan fingerprint density at radius 3 is 2.33 bits per heavy atom. The lowest BCUT2D eigenvalue weighted by Gasteiger charge is -2.28. The summed E-state index contributed by atoms with van der Waals surface area (Å²) >= 11 is 0. The molecule has 0 aromatic heterocycles. The van der Waals surface area contributed by atoms with Crippen LogP contribution in [0.15, 0.2) is 24.3 Å². The third-order valence-electron chi connectivity index (χ3n) is 3.35. The molecule has 0 aliphatic carbocycles. The van der Waals surface area contributed by atoms with Gasteiger partial charge in [0.1, 0.15) is 11.8 Å². The highest BCUT2D eigenvalue weighted by Crippen LogP contribution is 2.15. The molecule has 1 rings (SSSR count). The number of carboxylic acids is 1. The van der Waals surface area contributed by atoms with E-state index >= 15 is 0 Å². The van der Waals surface area contributed by atoms with Crippen LogP contribution in [0.1, 0.15) is 19.4 Å². The quantitative estimate of drug-likeness (QED) is 0.840. The second kappa shape index (κ2) is 6.40. The lowest BCUT2D eigenvalue weighted by molar-refractivity contribution is -0.142. The van der Waals surface area contributed by atoms with Gasteiger partial charge < -0.3 is 9.84 Å². The first kappa shape index (κ1) is 14.5. The van der Waals surface area contributed by atoms with Gasteiger partial charge in [-0.3, -0.25) is 9.69 Å². The third-order valence-corrected chi connectivity index (χ3v) is 3.35. The van der Waals surface area contributed by atoms with Crippen LogP contribution in [0.2, 0.25) is 0 Å². The van der Waals surface area contributed by atoms with Gasteiger partial charge in [0.25, 0.3) is 0 Å². The van der Waals surface area contributed by atoms with Crippen LogP contribution < -0.4 is 4.74 Å². The largest absolute Gasteiger partial charge is 0.497 e. The van der Waals surface area contributed by atoms with Crippen LogP contribution in [0, 0.1) is 0 Å². The van der Waals surface area contributed by atoms with Gasteiger partial charge in [0.15, 0.2) is 0 Å². The van der Waals surface area contributed by atoms with Gasteiger partial charge in [-0.25, -0.2) is 0 Å². The van der Waals surface area contributed by atoms with Crippen LogP contribution in [0.3, 0.4) is 0 Å². The van der Waals surface area contributed by atoms with E-state index in [1.807, 2.05) is 43.1 Å². The first-order valence-corrected chi connectivity index (χ1v) is 6.03. The molecule has 0 aliphatic heterocycles. The van der Waals surface area contributed by atoms with Crippen molar-refractivity contribution in [1.82, 2.24) is 4.90 Å². The highest BCUT2D eigenvalue weighted by Gasteiger charge is 2.21. The van der Waals surface area contributed by atoms with Gasteiger partial charge in [0, 0.05) is 6.04 Å². The normalized spacial score (nSPS) is 14.3. The summed E-state index contributed by atoms with van der Waals surface area (Å²) in [7, 11) is 3.48. The molecule has 0 saturated heterocycles. The molecule has 1 aromatic carbocycles. The molecule has 0 saturated carbocycles. The summed E-state index contributed by atoms with van der Waals surface area (Å²) in [6, 6.07) is 7.55. The Labute approximate surface area is 108 Å². The van der Waals surface area contributed by atoms with E-state index in [-0.39, 0.29) is 6.04 Å². The lowest BCUT2D eigenvalue weighted by atomic mass is 10.0. The smallest absolute Gasteiger partial charge is 0.320 e. The molecule has 0 radical (unpaired) electrons. The summed E-state index contributed by atoms with van der Waals surface area (Å²) in [6.45, 7) is 3.73. The van der Waals surface area contributed by atoms with Gasteiger partial charge in [0.05, 0.1) is 7.11 Å². The fraction of sp³-hybridized carbons (Fsp3) is 0.500. The summed E-state index contributed by atoms with van der Waals surface area (Å²) < 4.78 is 5.10. The minimum Gasteiger partial charge on any atom is -0.497 e. The molecule has 0 heterocycles. The van der Waals surface area contributed by atoms with Crippen molar-refractivity contribution in [2.45, 2.75) is 32.4 Å². The molecule has 4 nitrogen and oxygen atoms in total. The minimum atomic E-state index is -0.793. The van der Waals surface area contributed by atoms with E-state index in [4.69, 9.17) is 9.84 Å². The Kier molecular flexibility index (Phi) is 5.16. The van der Waals surface area contributed by atoms with Gasteiger partial charge in [-0.1, -0.05) is 12.1 Å². The number of nitrogens with zero attached hydrogens (tertiary/aromatic N) is 1. The van der Waals surface area contributed by atoms with Crippen molar-refractivity contribution in [3.05, 3.63) is 29.8 Å². The van der Waals surface area contributed by atoms with Gasteiger partial charge in [0.2, 0.25) is 0 Å². The van der Waals surface area contributed by atoms with Gasteiger partial charge >= 0.3 is 5.97 Å². The molecule has 2 unspecified atom stereocenters. The van der Waals surface area contributed by atoms with Crippen LogP contribution in [0.25, 0.3) is 0 Å². The highest BCUT2D eigenvalue weighted by molar-refractivity contribution is 5.72. The van der Waals surface area contributed by atoms with Crippen LogP contribution in [-0.4, -0.2) is 42.2 Å². The molecular formula is C14H21NO3. The second-order valence-corrected chi connectivity index (χ2v) is 4.58. The fourth-order valence-corrected chi connectivity index (χ4v) is 1.80. The molecular weight excluding hydrogens is 230 g/mol. The second-order valence-electron chi connectivity index (χ2n) is 4.58. The average Bonchev–Trinajstić information content (AvgIpc) is 2.37. The third kappa shape index (κ3) is 3.74. The molecule has 1 N–H and O–H groups in total. The van der Waals surface area contributed by atoms with E-state index < -0.39 is 12.0 Å². The van der Waals surface area contributed by atoms with Crippen molar-refractivity contribution in [3.63, 3.8) is 0 Å². The molecule has 0 spiro atoms. The van der Waals surface area contributed by atoms with E-state index in [0.29, 0.717) is 0 Å². The number of ether oxygens (including phenoxy) is 1. The Morgan fingerprint density at radius 2 is 1.89 bits per heavy atom. The summed E-state index contributed by atoms with van der Waals surface area (Å²) in [5.41, 5.74) is 1.17. The number of carbonyl (C=O) groups is 1.